The van der Waals surface area contributed by atoms with Crippen LogP contribution in [0.5, 0.6) is 5.75 Å². The highest BCUT2D eigenvalue weighted by Gasteiger charge is 2.18. The van der Waals surface area contributed by atoms with Crippen molar-refractivity contribution in [2.75, 3.05) is 6.61 Å². The second-order valence-electron chi connectivity index (χ2n) is 9.63. The molecule has 3 aromatic carbocycles. The zero-order chi connectivity index (χ0) is 25.7. The number of hydrogen-bond acceptors (Lipinski definition) is 4. The van der Waals surface area contributed by atoms with E-state index in [2.05, 4.69) is 13.8 Å². The van der Waals surface area contributed by atoms with E-state index < -0.39 is 17.9 Å². The van der Waals surface area contributed by atoms with Crippen molar-refractivity contribution in [2.45, 2.75) is 45.8 Å². The van der Waals surface area contributed by atoms with Gasteiger partial charge in [0.2, 0.25) is 0 Å². The number of carbonyl (C=O) groups excluding carboxylic acids is 1. The summed E-state index contributed by atoms with van der Waals surface area (Å²) in [5, 5.41) is 22.1. The lowest BCUT2D eigenvalue weighted by atomic mass is 10.0. The normalized spacial score (nSPS) is 12.2. The number of aryl methyl sites for hydroxylation is 1. The maximum absolute atomic E-state index is 15.0. The van der Waals surface area contributed by atoms with Crippen LogP contribution in [0.3, 0.4) is 0 Å². The summed E-state index contributed by atoms with van der Waals surface area (Å²) in [5.41, 5.74) is 3.16. The maximum Gasteiger partial charge on any atom is 0.338 e. The topological polar surface area (TPSA) is 71.7 Å². The summed E-state index contributed by atoms with van der Waals surface area (Å²) in [6.45, 7) is 4.25. The van der Waals surface area contributed by atoms with Crippen molar-refractivity contribution in [1.29, 1.82) is 0 Å². The Labute approximate surface area is 210 Å². The Bertz CT molecular complexity index is 1310. The lowest BCUT2D eigenvalue weighted by Crippen LogP contribution is -2.20. The van der Waals surface area contributed by atoms with Crippen molar-refractivity contribution in [3.8, 4) is 5.75 Å². The van der Waals surface area contributed by atoms with E-state index in [9.17, 15) is 19.4 Å². The fourth-order valence-corrected chi connectivity index (χ4v) is 4.36. The summed E-state index contributed by atoms with van der Waals surface area (Å²) in [6, 6.07) is 19.5. The van der Waals surface area contributed by atoms with Crippen molar-refractivity contribution in [2.24, 2.45) is 5.92 Å². The molecule has 4 rings (SSSR count). The van der Waals surface area contributed by atoms with Crippen LogP contribution in [0.4, 0.5) is 4.39 Å². The number of aliphatic hydroxyl groups is 1. The zero-order valence-electron chi connectivity index (χ0n) is 20.7. The van der Waals surface area contributed by atoms with Gasteiger partial charge >= 0.3 is 5.97 Å². The number of carbonyl (C=O) groups is 1. The highest BCUT2D eigenvalue weighted by atomic mass is 19.1. The fourth-order valence-electron chi connectivity index (χ4n) is 4.36. The molecule has 4 aromatic rings. The Balaban J connectivity index is 1.50. The van der Waals surface area contributed by atoms with Crippen molar-refractivity contribution in [1.82, 2.24) is 4.57 Å². The molecule has 2 N–H and O–H groups in total. The van der Waals surface area contributed by atoms with Gasteiger partial charge in [-0.05, 0) is 60.2 Å². The van der Waals surface area contributed by atoms with Crippen LogP contribution in [0.25, 0.3) is 10.9 Å². The van der Waals surface area contributed by atoms with Gasteiger partial charge in [0.25, 0.3) is 0 Å². The van der Waals surface area contributed by atoms with E-state index in [1.807, 2.05) is 41.1 Å². The molecule has 0 aliphatic carbocycles. The Morgan fingerprint density at radius 1 is 1.06 bits per heavy atom. The van der Waals surface area contributed by atoms with E-state index >= 15 is 0 Å². The number of esters is 1. The van der Waals surface area contributed by atoms with Gasteiger partial charge in [-0.25, -0.2) is 9.18 Å². The standard InChI is InChI=1S/C30H32FNO4/c1-20(2)12-13-21-14-27(31)26(29(34)15-21)18-32-17-23(25-10-6-7-11-28(25)32)16-24(33)19-36-30(35)22-8-4-3-5-9-22/h3-11,14-15,17,20,24,33-34H,12-13,16,18-19H2,1-2H3/t24-/m0/s1. The van der Waals surface area contributed by atoms with Gasteiger partial charge in [-0.3, -0.25) is 0 Å². The van der Waals surface area contributed by atoms with E-state index in [0.29, 0.717) is 17.9 Å². The Kier molecular flexibility index (Phi) is 8.06. The third-order valence-electron chi connectivity index (χ3n) is 6.31. The number of rotatable bonds is 10. The quantitative estimate of drug-likeness (QED) is 0.273. The molecule has 6 heteroatoms. The zero-order valence-corrected chi connectivity index (χ0v) is 20.7. The summed E-state index contributed by atoms with van der Waals surface area (Å²) in [6.07, 6.45) is 2.86. The first-order chi connectivity index (χ1) is 17.3. The first-order valence-corrected chi connectivity index (χ1v) is 12.3. The largest absolute Gasteiger partial charge is 0.507 e. The maximum atomic E-state index is 15.0. The number of hydrogen-bond donors (Lipinski definition) is 2. The SMILES string of the molecule is CC(C)CCc1cc(O)c(Cn2cc(C[C@H](O)COC(=O)c3ccccc3)c3ccccc32)c(F)c1. The van der Waals surface area contributed by atoms with Crippen LogP contribution in [0.2, 0.25) is 0 Å². The van der Waals surface area contributed by atoms with Crippen LogP contribution in [0.15, 0.2) is 72.9 Å². The first kappa shape index (κ1) is 25.5. The molecule has 0 aliphatic rings. The van der Waals surface area contributed by atoms with Gasteiger partial charge in [0.1, 0.15) is 18.2 Å². The molecule has 0 aliphatic heterocycles. The number of phenolic OH excluding ortho intramolecular Hbond substituents is 1. The van der Waals surface area contributed by atoms with E-state index in [1.165, 1.54) is 6.07 Å². The molecule has 1 atom stereocenters. The van der Waals surface area contributed by atoms with Crippen LogP contribution in [0, 0.1) is 11.7 Å². The highest BCUT2D eigenvalue weighted by Crippen LogP contribution is 2.29. The second-order valence-corrected chi connectivity index (χ2v) is 9.63. The smallest absolute Gasteiger partial charge is 0.338 e. The van der Waals surface area contributed by atoms with Crippen LogP contribution in [-0.4, -0.2) is 33.5 Å². The van der Waals surface area contributed by atoms with Crippen LogP contribution >= 0.6 is 0 Å². The number of ether oxygens (including phenoxy) is 1. The molecule has 5 nitrogen and oxygen atoms in total. The molecular formula is C30H32FNO4. The first-order valence-electron chi connectivity index (χ1n) is 12.3. The van der Waals surface area contributed by atoms with Crippen molar-refractivity contribution < 1.29 is 24.1 Å². The van der Waals surface area contributed by atoms with E-state index in [1.54, 1.807) is 30.3 Å². The van der Waals surface area contributed by atoms with Gasteiger partial charge < -0.3 is 19.5 Å². The van der Waals surface area contributed by atoms with E-state index in [-0.39, 0.29) is 30.9 Å². The summed E-state index contributed by atoms with van der Waals surface area (Å²) in [5.74, 6) is -0.474. The second kappa shape index (κ2) is 11.4. The Hall–Kier alpha value is -3.64. The van der Waals surface area contributed by atoms with Gasteiger partial charge in [-0.1, -0.05) is 50.2 Å². The molecule has 0 amide bonds. The number of aromatic hydroxyl groups is 1. The van der Waals surface area contributed by atoms with Gasteiger partial charge in [0.15, 0.2) is 0 Å². The average molecular weight is 490 g/mol. The molecule has 0 radical (unpaired) electrons. The molecule has 188 valence electrons. The minimum Gasteiger partial charge on any atom is -0.507 e. The van der Waals surface area contributed by atoms with Crippen molar-refractivity contribution in [3.05, 3.63) is 101 Å². The number of aromatic nitrogens is 1. The van der Waals surface area contributed by atoms with Crippen molar-refractivity contribution in [3.63, 3.8) is 0 Å². The Morgan fingerprint density at radius 3 is 2.50 bits per heavy atom. The average Bonchev–Trinajstić information content (AvgIpc) is 3.21. The molecular weight excluding hydrogens is 457 g/mol. The third-order valence-corrected chi connectivity index (χ3v) is 6.31. The number of aliphatic hydroxyl groups excluding tert-OH is 1. The van der Waals surface area contributed by atoms with Gasteiger partial charge in [-0.15, -0.1) is 0 Å². The molecule has 0 saturated carbocycles. The molecule has 0 saturated heterocycles. The monoisotopic (exact) mass is 489 g/mol. The van der Waals surface area contributed by atoms with Gasteiger partial charge in [-0.2, -0.15) is 0 Å². The summed E-state index contributed by atoms with van der Waals surface area (Å²) < 4.78 is 22.1. The van der Waals surface area contributed by atoms with E-state index in [0.717, 1.165) is 28.5 Å². The number of benzene rings is 3. The molecule has 0 fully saturated rings. The number of fused-ring (bicyclic) bond motifs is 1. The van der Waals surface area contributed by atoms with Crippen LogP contribution in [-0.2, 0) is 24.1 Å². The molecule has 0 unspecified atom stereocenters. The Morgan fingerprint density at radius 2 is 1.78 bits per heavy atom. The molecule has 1 heterocycles. The number of phenols is 1. The van der Waals surface area contributed by atoms with E-state index in [4.69, 9.17) is 4.74 Å². The minimum absolute atomic E-state index is 0.0547. The third kappa shape index (κ3) is 6.13. The predicted octanol–water partition coefficient (Wildman–Crippen LogP) is 5.88. The molecule has 0 bridgehead atoms. The van der Waals surface area contributed by atoms with Crippen LogP contribution < -0.4 is 0 Å². The number of para-hydroxylation sites is 1. The van der Waals surface area contributed by atoms with Gasteiger partial charge in [0.05, 0.1) is 18.2 Å². The summed E-state index contributed by atoms with van der Waals surface area (Å²) >= 11 is 0. The lowest BCUT2D eigenvalue weighted by molar-refractivity contribution is 0.0259. The minimum atomic E-state index is -0.901. The summed E-state index contributed by atoms with van der Waals surface area (Å²) in [4.78, 5) is 12.2. The van der Waals surface area contributed by atoms with Crippen LogP contribution in [0.1, 0.15) is 47.3 Å². The highest BCUT2D eigenvalue weighted by molar-refractivity contribution is 5.89. The van der Waals surface area contributed by atoms with Crippen molar-refractivity contribution >= 4 is 16.9 Å². The van der Waals surface area contributed by atoms with Gasteiger partial charge in [0, 0.05) is 29.1 Å². The lowest BCUT2D eigenvalue weighted by Gasteiger charge is -2.12. The summed E-state index contributed by atoms with van der Waals surface area (Å²) in [7, 11) is 0. The molecule has 0 spiro atoms. The predicted molar refractivity (Wildman–Crippen MR) is 139 cm³/mol. The molecule has 36 heavy (non-hydrogen) atoms. The molecule has 1 aromatic heterocycles. The number of halogens is 1. The fraction of sp³-hybridized carbons (Fsp3) is 0.300. The number of nitrogens with zero attached hydrogens (tertiary/aromatic N) is 1.